The Morgan fingerprint density at radius 3 is 2.75 bits per heavy atom. The van der Waals surface area contributed by atoms with Crippen LogP contribution >= 0.6 is 0 Å². The van der Waals surface area contributed by atoms with Crippen LogP contribution in [-0.4, -0.2) is 44.7 Å². The highest BCUT2D eigenvalue weighted by Crippen LogP contribution is 2.26. The molecule has 9 heteroatoms. The van der Waals surface area contributed by atoms with Gasteiger partial charge in [0.1, 0.15) is 11.5 Å². The maximum absolute atomic E-state index is 12.6. The van der Waals surface area contributed by atoms with Gasteiger partial charge in [0, 0.05) is 31.1 Å². The van der Waals surface area contributed by atoms with E-state index in [0.717, 1.165) is 12.8 Å². The number of carbonyl (C=O) groups excluding carboxylic acids is 1. The Morgan fingerprint density at radius 1 is 1.32 bits per heavy atom. The third-order valence-corrected chi connectivity index (χ3v) is 4.05. The molecular formula is C19H28F2N4O3. The third kappa shape index (κ3) is 7.98. The number of carbonyl (C=O) groups is 1. The van der Waals surface area contributed by atoms with Crippen molar-refractivity contribution in [2.24, 2.45) is 4.99 Å². The lowest BCUT2D eigenvalue weighted by Gasteiger charge is -2.13. The van der Waals surface area contributed by atoms with Crippen LogP contribution in [0.1, 0.15) is 38.2 Å². The molecule has 0 atom stereocenters. The molecule has 3 N–H and O–H groups in total. The molecule has 1 aromatic rings. The van der Waals surface area contributed by atoms with Gasteiger partial charge in [-0.3, -0.25) is 4.79 Å². The van der Waals surface area contributed by atoms with Crippen molar-refractivity contribution in [1.29, 1.82) is 0 Å². The molecule has 0 aliphatic heterocycles. The van der Waals surface area contributed by atoms with Crippen molar-refractivity contribution >= 4 is 11.9 Å². The quantitative estimate of drug-likeness (QED) is 0.303. The maximum Gasteiger partial charge on any atom is 0.387 e. The number of halogens is 2. The molecule has 156 valence electrons. The first-order valence-corrected chi connectivity index (χ1v) is 9.45. The number of rotatable bonds is 11. The molecule has 0 saturated heterocycles. The minimum absolute atomic E-state index is 0.0622. The highest BCUT2D eigenvalue weighted by molar-refractivity contribution is 5.80. The zero-order valence-electron chi connectivity index (χ0n) is 16.3. The van der Waals surface area contributed by atoms with Gasteiger partial charge in [0.25, 0.3) is 0 Å². The molecule has 0 bridgehead atoms. The molecule has 1 aromatic carbocycles. The fourth-order valence-corrected chi connectivity index (χ4v) is 2.51. The largest absolute Gasteiger partial charge is 0.497 e. The van der Waals surface area contributed by atoms with E-state index >= 15 is 0 Å². The number of alkyl halides is 2. The first kappa shape index (κ1) is 21.7. The van der Waals surface area contributed by atoms with Gasteiger partial charge in [-0.25, -0.2) is 4.99 Å². The van der Waals surface area contributed by atoms with Crippen LogP contribution in [0.25, 0.3) is 0 Å². The summed E-state index contributed by atoms with van der Waals surface area (Å²) in [7, 11) is 1.50. The molecule has 0 heterocycles. The average Bonchev–Trinajstić information content (AvgIpc) is 3.47. The lowest BCUT2D eigenvalue weighted by atomic mass is 10.2. The van der Waals surface area contributed by atoms with Crippen molar-refractivity contribution in [3.05, 3.63) is 23.8 Å². The van der Waals surface area contributed by atoms with Gasteiger partial charge in [0.05, 0.1) is 13.7 Å². The molecule has 0 unspecified atom stereocenters. The number of methoxy groups -OCH3 is 1. The Hall–Kier alpha value is -2.58. The second-order valence-electron chi connectivity index (χ2n) is 6.42. The van der Waals surface area contributed by atoms with Gasteiger partial charge in [-0.1, -0.05) is 0 Å². The predicted octanol–water partition coefficient (Wildman–Crippen LogP) is 2.41. The molecule has 0 aromatic heterocycles. The van der Waals surface area contributed by atoms with Gasteiger partial charge in [0.15, 0.2) is 5.96 Å². The number of hydrogen-bond donors (Lipinski definition) is 3. The number of guanidine groups is 1. The summed E-state index contributed by atoms with van der Waals surface area (Å²) in [5.74, 6) is 1.20. The van der Waals surface area contributed by atoms with Crippen molar-refractivity contribution in [2.75, 3.05) is 20.2 Å². The summed E-state index contributed by atoms with van der Waals surface area (Å²) in [6, 6.07) is 4.98. The van der Waals surface area contributed by atoms with E-state index in [1.54, 1.807) is 12.1 Å². The average molecular weight is 398 g/mol. The minimum Gasteiger partial charge on any atom is -0.497 e. The van der Waals surface area contributed by atoms with Crippen LogP contribution in [0.4, 0.5) is 8.78 Å². The van der Waals surface area contributed by atoms with Crippen LogP contribution in [0.5, 0.6) is 11.5 Å². The molecule has 2 rings (SSSR count). The zero-order chi connectivity index (χ0) is 20.4. The molecule has 28 heavy (non-hydrogen) atoms. The predicted molar refractivity (Wildman–Crippen MR) is 103 cm³/mol. The Kier molecular flexibility index (Phi) is 8.77. The fraction of sp³-hybridized carbons (Fsp3) is 0.579. The summed E-state index contributed by atoms with van der Waals surface area (Å²) in [5, 5.41) is 9.18. The second-order valence-corrected chi connectivity index (χ2v) is 6.42. The first-order valence-electron chi connectivity index (χ1n) is 9.45. The van der Waals surface area contributed by atoms with Gasteiger partial charge in [-0.05, 0) is 44.4 Å². The second kappa shape index (κ2) is 11.3. The number of ether oxygens (including phenoxy) is 2. The van der Waals surface area contributed by atoms with E-state index in [4.69, 9.17) is 4.74 Å². The minimum atomic E-state index is -2.91. The van der Waals surface area contributed by atoms with Crippen molar-refractivity contribution in [1.82, 2.24) is 16.0 Å². The molecule has 0 spiro atoms. The van der Waals surface area contributed by atoms with Crippen LogP contribution in [0.15, 0.2) is 23.2 Å². The molecule has 1 fully saturated rings. The maximum atomic E-state index is 12.6. The van der Waals surface area contributed by atoms with Crippen LogP contribution < -0.4 is 25.4 Å². The Balaban J connectivity index is 1.90. The van der Waals surface area contributed by atoms with Crippen molar-refractivity contribution < 1.29 is 23.0 Å². The number of benzene rings is 1. The Bertz CT molecular complexity index is 667. The number of amides is 1. The Labute approximate surface area is 163 Å². The van der Waals surface area contributed by atoms with Crippen LogP contribution in [0.3, 0.4) is 0 Å². The van der Waals surface area contributed by atoms with E-state index in [0.29, 0.717) is 49.2 Å². The summed E-state index contributed by atoms with van der Waals surface area (Å²) in [6.07, 6.45) is 3.26. The summed E-state index contributed by atoms with van der Waals surface area (Å²) in [4.78, 5) is 16.1. The summed E-state index contributed by atoms with van der Waals surface area (Å²) < 4.78 is 34.9. The van der Waals surface area contributed by atoms with E-state index < -0.39 is 6.61 Å². The molecular weight excluding hydrogens is 370 g/mol. The zero-order valence-corrected chi connectivity index (χ0v) is 16.3. The van der Waals surface area contributed by atoms with Crippen LogP contribution in [0, 0.1) is 0 Å². The monoisotopic (exact) mass is 398 g/mol. The smallest absolute Gasteiger partial charge is 0.387 e. The standard InChI is InChI=1S/C19H28F2N4O3/c1-3-22-19(23-10-4-5-17(26)25-14-6-7-14)24-12-13-11-15(27-2)8-9-16(13)28-18(20)21/h8-9,11,14,18H,3-7,10,12H2,1-2H3,(H,25,26)(H2,22,23,24). The lowest BCUT2D eigenvalue weighted by Crippen LogP contribution is -2.38. The number of aliphatic imine (C=N–C) groups is 1. The lowest BCUT2D eigenvalue weighted by molar-refractivity contribution is -0.121. The third-order valence-electron chi connectivity index (χ3n) is 4.05. The van der Waals surface area contributed by atoms with Gasteiger partial charge in [0.2, 0.25) is 5.91 Å². The van der Waals surface area contributed by atoms with Crippen molar-refractivity contribution in [2.45, 2.75) is 51.8 Å². The fourth-order valence-electron chi connectivity index (χ4n) is 2.51. The van der Waals surface area contributed by atoms with E-state index in [2.05, 4.69) is 25.7 Å². The molecule has 0 radical (unpaired) electrons. The normalized spacial score (nSPS) is 14.0. The van der Waals surface area contributed by atoms with Gasteiger partial charge in [-0.2, -0.15) is 8.78 Å². The molecule has 1 aliphatic rings. The van der Waals surface area contributed by atoms with Crippen LogP contribution in [-0.2, 0) is 11.3 Å². The van der Waals surface area contributed by atoms with Crippen LogP contribution in [0.2, 0.25) is 0 Å². The highest BCUT2D eigenvalue weighted by Gasteiger charge is 2.22. The highest BCUT2D eigenvalue weighted by atomic mass is 19.3. The van der Waals surface area contributed by atoms with Gasteiger partial charge >= 0.3 is 6.61 Å². The van der Waals surface area contributed by atoms with Gasteiger partial charge in [-0.15, -0.1) is 0 Å². The first-order chi connectivity index (χ1) is 13.5. The number of nitrogens with zero attached hydrogens (tertiary/aromatic N) is 1. The van der Waals surface area contributed by atoms with E-state index in [9.17, 15) is 13.6 Å². The van der Waals surface area contributed by atoms with E-state index in [-0.39, 0.29) is 18.2 Å². The van der Waals surface area contributed by atoms with E-state index in [1.807, 2.05) is 6.92 Å². The molecule has 1 saturated carbocycles. The number of hydrogen-bond acceptors (Lipinski definition) is 4. The Morgan fingerprint density at radius 2 is 2.11 bits per heavy atom. The van der Waals surface area contributed by atoms with Crippen molar-refractivity contribution in [3.8, 4) is 11.5 Å². The SMILES string of the molecule is CCNC(=NCc1cc(OC)ccc1OC(F)F)NCCCC(=O)NC1CC1. The van der Waals surface area contributed by atoms with Crippen molar-refractivity contribution in [3.63, 3.8) is 0 Å². The molecule has 7 nitrogen and oxygen atoms in total. The van der Waals surface area contributed by atoms with E-state index in [1.165, 1.54) is 13.2 Å². The summed E-state index contributed by atoms with van der Waals surface area (Å²) in [6.45, 7) is 0.368. The summed E-state index contributed by atoms with van der Waals surface area (Å²) in [5.41, 5.74) is 0.487. The topological polar surface area (TPSA) is 84.0 Å². The number of nitrogens with one attached hydrogen (secondary N) is 3. The summed E-state index contributed by atoms with van der Waals surface area (Å²) >= 11 is 0. The molecule has 1 aliphatic carbocycles. The molecule has 1 amide bonds. The van der Waals surface area contributed by atoms with Gasteiger partial charge < -0.3 is 25.4 Å².